The quantitative estimate of drug-likeness (QED) is 0.116. The Morgan fingerprint density at radius 1 is 1.05 bits per heavy atom. The topological polar surface area (TPSA) is 113 Å². The van der Waals surface area contributed by atoms with Crippen LogP contribution in [0.15, 0.2) is 105 Å². The minimum atomic E-state index is -0.572. The molecule has 0 amide bonds. The third-order valence-corrected chi connectivity index (χ3v) is 6.69. The van der Waals surface area contributed by atoms with Crippen LogP contribution < -0.4 is 10.3 Å². The van der Waals surface area contributed by atoms with Crippen molar-refractivity contribution in [2.75, 3.05) is 0 Å². The number of hydrogen-bond acceptors (Lipinski definition) is 7. The van der Waals surface area contributed by atoms with Gasteiger partial charge < -0.3 is 9.15 Å². The predicted octanol–water partition coefficient (Wildman–Crippen LogP) is 7.14. The molecule has 0 saturated heterocycles. The van der Waals surface area contributed by atoms with Crippen molar-refractivity contribution in [1.82, 2.24) is 9.66 Å². The number of fused-ring (bicyclic) bond motifs is 2. The standard InChI is InChI=1S/C31H21ClN4O5/c1-19-10-12-20(13-11-19)18-40-29-22(14-23(32)16-26(29)36(38)39)17-33-35-30(28-15-21-6-2-5-9-27(21)41-28)34-25-8-4-3-7-24(25)31(35)37/h2-17H,18H2,1H3. The second-order valence-electron chi connectivity index (χ2n) is 9.34. The third-order valence-electron chi connectivity index (χ3n) is 6.48. The number of nitro groups is 1. The highest BCUT2D eigenvalue weighted by molar-refractivity contribution is 6.31. The van der Waals surface area contributed by atoms with E-state index in [-0.39, 0.29) is 34.5 Å². The van der Waals surface area contributed by atoms with Gasteiger partial charge in [-0.25, -0.2) is 4.98 Å². The molecule has 2 heterocycles. The molecule has 10 heteroatoms. The summed E-state index contributed by atoms with van der Waals surface area (Å²) in [6.45, 7) is 2.04. The molecule has 0 aliphatic rings. The lowest BCUT2D eigenvalue weighted by Crippen LogP contribution is -2.20. The maximum absolute atomic E-state index is 13.6. The summed E-state index contributed by atoms with van der Waals surface area (Å²) in [5.41, 5.74) is 2.44. The molecular weight excluding hydrogens is 544 g/mol. The minimum absolute atomic E-state index is 0.0317. The molecule has 0 aliphatic carbocycles. The van der Waals surface area contributed by atoms with Gasteiger partial charge in [-0.2, -0.15) is 9.78 Å². The Morgan fingerprint density at radius 2 is 1.80 bits per heavy atom. The van der Waals surface area contributed by atoms with Gasteiger partial charge >= 0.3 is 5.69 Å². The van der Waals surface area contributed by atoms with E-state index in [2.05, 4.69) is 10.1 Å². The number of furan rings is 1. The van der Waals surface area contributed by atoms with Crippen molar-refractivity contribution in [3.8, 4) is 17.3 Å². The van der Waals surface area contributed by atoms with Gasteiger partial charge in [0.25, 0.3) is 5.56 Å². The second kappa shape index (κ2) is 10.7. The van der Waals surface area contributed by atoms with Crippen molar-refractivity contribution >= 4 is 45.4 Å². The highest BCUT2D eigenvalue weighted by atomic mass is 35.5. The van der Waals surface area contributed by atoms with E-state index in [1.807, 2.05) is 55.5 Å². The molecule has 0 aliphatic heterocycles. The second-order valence-corrected chi connectivity index (χ2v) is 9.77. The average molecular weight is 565 g/mol. The molecule has 4 aromatic carbocycles. The van der Waals surface area contributed by atoms with E-state index in [1.165, 1.54) is 18.3 Å². The fourth-order valence-corrected chi connectivity index (χ4v) is 4.65. The largest absolute Gasteiger partial charge is 0.481 e. The van der Waals surface area contributed by atoms with Crippen LogP contribution in [0.25, 0.3) is 33.5 Å². The monoisotopic (exact) mass is 564 g/mol. The Hall–Kier alpha value is -5.28. The molecule has 9 nitrogen and oxygen atoms in total. The van der Waals surface area contributed by atoms with Gasteiger partial charge in [0.05, 0.1) is 22.0 Å². The van der Waals surface area contributed by atoms with E-state index in [4.69, 9.17) is 20.8 Å². The number of hydrogen-bond donors (Lipinski definition) is 0. The van der Waals surface area contributed by atoms with E-state index < -0.39 is 10.5 Å². The van der Waals surface area contributed by atoms with E-state index >= 15 is 0 Å². The van der Waals surface area contributed by atoms with Crippen LogP contribution in [-0.4, -0.2) is 20.8 Å². The van der Waals surface area contributed by atoms with E-state index in [9.17, 15) is 14.9 Å². The molecule has 0 saturated carbocycles. The number of rotatable bonds is 7. The van der Waals surface area contributed by atoms with Crippen molar-refractivity contribution in [2.45, 2.75) is 13.5 Å². The summed E-state index contributed by atoms with van der Waals surface area (Å²) in [5.74, 6) is 0.467. The molecule has 41 heavy (non-hydrogen) atoms. The molecular formula is C31H21ClN4O5. The normalized spacial score (nSPS) is 11.5. The van der Waals surface area contributed by atoms with Crippen molar-refractivity contribution in [2.24, 2.45) is 5.10 Å². The SMILES string of the molecule is Cc1ccc(COc2c(C=Nn3c(-c4cc5ccccc5o4)nc4ccccc4c3=O)cc(Cl)cc2[N+](=O)[O-])cc1. The zero-order valence-electron chi connectivity index (χ0n) is 21.7. The summed E-state index contributed by atoms with van der Waals surface area (Å²) in [6.07, 6.45) is 1.30. The summed E-state index contributed by atoms with van der Waals surface area (Å²) in [5, 5.41) is 17.7. The van der Waals surface area contributed by atoms with E-state index in [1.54, 1.807) is 30.3 Å². The van der Waals surface area contributed by atoms with Crippen LogP contribution >= 0.6 is 11.6 Å². The molecule has 6 rings (SSSR count). The number of para-hydroxylation sites is 2. The Morgan fingerprint density at radius 3 is 2.59 bits per heavy atom. The van der Waals surface area contributed by atoms with Gasteiger partial charge in [0.1, 0.15) is 12.2 Å². The van der Waals surface area contributed by atoms with Crippen LogP contribution in [0, 0.1) is 17.0 Å². The van der Waals surface area contributed by atoms with Gasteiger partial charge in [-0.1, -0.05) is 71.8 Å². The molecule has 6 aromatic rings. The van der Waals surface area contributed by atoms with Gasteiger partial charge in [-0.3, -0.25) is 14.9 Å². The first-order valence-corrected chi connectivity index (χ1v) is 13.0. The van der Waals surface area contributed by atoms with Crippen LogP contribution in [0.5, 0.6) is 5.75 Å². The molecule has 202 valence electrons. The zero-order valence-corrected chi connectivity index (χ0v) is 22.4. The van der Waals surface area contributed by atoms with E-state index in [0.29, 0.717) is 22.2 Å². The first kappa shape index (κ1) is 26.0. The zero-order chi connectivity index (χ0) is 28.5. The lowest BCUT2D eigenvalue weighted by Gasteiger charge is -2.11. The number of benzene rings is 4. The maximum atomic E-state index is 13.6. The Bertz CT molecular complexity index is 2000. The van der Waals surface area contributed by atoms with Crippen LogP contribution in [0.3, 0.4) is 0 Å². The first-order chi connectivity index (χ1) is 19.9. The number of ether oxygens (including phenoxy) is 1. The lowest BCUT2D eigenvalue weighted by atomic mass is 10.1. The van der Waals surface area contributed by atoms with Crippen molar-refractivity contribution < 1.29 is 14.1 Å². The van der Waals surface area contributed by atoms with Gasteiger partial charge in [-0.05, 0) is 42.8 Å². The molecule has 0 bridgehead atoms. The van der Waals surface area contributed by atoms with Gasteiger partial charge in [0.15, 0.2) is 5.76 Å². The number of halogens is 1. The molecule has 0 N–H and O–H groups in total. The van der Waals surface area contributed by atoms with Gasteiger partial charge in [0.2, 0.25) is 11.6 Å². The smallest absolute Gasteiger partial charge is 0.313 e. The molecule has 2 aromatic heterocycles. The summed E-state index contributed by atoms with van der Waals surface area (Å²) in [7, 11) is 0. The van der Waals surface area contributed by atoms with Crippen LogP contribution in [0.4, 0.5) is 5.69 Å². The summed E-state index contributed by atoms with van der Waals surface area (Å²) >= 11 is 6.25. The summed E-state index contributed by atoms with van der Waals surface area (Å²) in [6, 6.07) is 26.4. The highest BCUT2D eigenvalue weighted by Crippen LogP contribution is 2.35. The third kappa shape index (κ3) is 5.18. The maximum Gasteiger partial charge on any atom is 0.313 e. The lowest BCUT2D eigenvalue weighted by molar-refractivity contribution is -0.385. The van der Waals surface area contributed by atoms with Gasteiger partial charge in [0, 0.05) is 22.0 Å². The fourth-order valence-electron chi connectivity index (χ4n) is 4.43. The highest BCUT2D eigenvalue weighted by Gasteiger charge is 2.22. The van der Waals surface area contributed by atoms with Crippen LogP contribution in [0.2, 0.25) is 5.02 Å². The first-order valence-electron chi connectivity index (χ1n) is 12.6. The summed E-state index contributed by atoms with van der Waals surface area (Å²) < 4.78 is 13.1. The summed E-state index contributed by atoms with van der Waals surface area (Å²) in [4.78, 5) is 29.7. The van der Waals surface area contributed by atoms with Gasteiger partial charge in [-0.15, -0.1) is 0 Å². The number of aromatic nitrogens is 2. The number of nitrogens with zero attached hydrogens (tertiary/aromatic N) is 4. The van der Waals surface area contributed by atoms with Crippen molar-refractivity contribution in [1.29, 1.82) is 0 Å². The van der Waals surface area contributed by atoms with E-state index in [0.717, 1.165) is 21.2 Å². The molecule has 0 spiro atoms. The van der Waals surface area contributed by atoms with Crippen molar-refractivity contribution in [3.63, 3.8) is 0 Å². The number of nitro benzene ring substituents is 1. The van der Waals surface area contributed by atoms with Crippen LogP contribution in [0.1, 0.15) is 16.7 Å². The molecule has 0 radical (unpaired) electrons. The predicted molar refractivity (Wildman–Crippen MR) is 158 cm³/mol. The average Bonchev–Trinajstić information content (AvgIpc) is 3.41. The van der Waals surface area contributed by atoms with Crippen LogP contribution in [-0.2, 0) is 6.61 Å². The fraction of sp³-hybridized carbons (Fsp3) is 0.0645. The Kier molecular flexibility index (Phi) is 6.78. The molecule has 0 atom stereocenters. The minimum Gasteiger partial charge on any atom is -0.481 e. The Labute approximate surface area is 238 Å². The number of aryl methyl sites for hydroxylation is 1. The Balaban J connectivity index is 1.49. The molecule has 0 fully saturated rings. The molecule has 0 unspecified atom stereocenters. The van der Waals surface area contributed by atoms with Crippen molar-refractivity contribution in [3.05, 3.63) is 133 Å².